The van der Waals surface area contributed by atoms with Gasteiger partial charge in [-0.1, -0.05) is 13.8 Å². The molecule has 7 nitrogen and oxygen atoms in total. The molecule has 1 aromatic rings. The number of carbonyl (C=O) groups excluding carboxylic acids is 1. The van der Waals surface area contributed by atoms with E-state index >= 15 is 0 Å². The van der Waals surface area contributed by atoms with E-state index in [0.717, 1.165) is 11.4 Å². The Morgan fingerprint density at radius 3 is 2.82 bits per heavy atom. The van der Waals surface area contributed by atoms with Gasteiger partial charge in [0.2, 0.25) is 0 Å². The number of amides is 1. The van der Waals surface area contributed by atoms with E-state index in [-0.39, 0.29) is 30.9 Å². The van der Waals surface area contributed by atoms with Crippen molar-refractivity contribution < 1.29 is 19.4 Å². The maximum atomic E-state index is 12.9. The first-order valence-corrected chi connectivity index (χ1v) is 7.52. The largest absolute Gasteiger partial charge is 0.481 e. The Bertz CT molecular complexity index is 624. The van der Waals surface area contributed by atoms with Crippen molar-refractivity contribution in [3.05, 3.63) is 17.0 Å². The van der Waals surface area contributed by atoms with Crippen molar-refractivity contribution in [2.24, 2.45) is 11.3 Å². The summed E-state index contributed by atoms with van der Waals surface area (Å²) in [5, 5.41) is 16.7. The summed E-state index contributed by atoms with van der Waals surface area (Å²) < 4.78 is 5.34. The van der Waals surface area contributed by atoms with Gasteiger partial charge in [-0.25, -0.2) is 0 Å². The Morgan fingerprint density at radius 1 is 1.50 bits per heavy atom. The molecule has 1 aromatic heterocycles. The molecule has 2 atom stereocenters. The number of nitrogens with zero attached hydrogens (tertiary/aromatic N) is 2. The average molecular weight is 307 g/mol. The van der Waals surface area contributed by atoms with Crippen LogP contribution >= 0.6 is 0 Å². The zero-order valence-electron chi connectivity index (χ0n) is 13.0. The minimum absolute atomic E-state index is 0.128. The molecule has 2 N–H and O–H groups in total. The van der Waals surface area contributed by atoms with Gasteiger partial charge in [0.25, 0.3) is 5.91 Å². The number of likely N-dealkylation sites (tertiary alicyclic amines) is 1. The van der Waals surface area contributed by atoms with Crippen LogP contribution in [0, 0.1) is 18.3 Å². The Kier molecular flexibility index (Phi) is 3.47. The van der Waals surface area contributed by atoms with Crippen molar-refractivity contribution in [3.63, 3.8) is 0 Å². The lowest BCUT2D eigenvalue weighted by Crippen LogP contribution is -2.40. The molecular formula is C15H21N3O4. The number of carboxylic acid groups (broad SMARTS) is 1. The van der Waals surface area contributed by atoms with Gasteiger partial charge in [0.15, 0.2) is 0 Å². The second-order valence-electron chi connectivity index (χ2n) is 6.62. The Hall–Kier alpha value is -1.89. The van der Waals surface area contributed by atoms with Crippen molar-refractivity contribution in [2.45, 2.75) is 26.7 Å². The van der Waals surface area contributed by atoms with Crippen LogP contribution in [0.5, 0.6) is 0 Å². The molecule has 7 heteroatoms. The predicted octanol–water partition coefficient (Wildman–Crippen LogP) is 1.01. The molecular weight excluding hydrogens is 286 g/mol. The first-order valence-electron chi connectivity index (χ1n) is 7.52. The number of aryl methyl sites for hydroxylation is 1. The number of rotatable bonds is 3. The summed E-state index contributed by atoms with van der Waals surface area (Å²) in [6.45, 7) is 6.99. The number of aromatic nitrogens is 2. The first-order chi connectivity index (χ1) is 10.4. The minimum atomic E-state index is -0.953. The molecule has 22 heavy (non-hydrogen) atoms. The van der Waals surface area contributed by atoms with Gasteiger partial charge in [-0.3, -0.25) is 14.7 Å². The smallest absolute Gasteiger partial charge is 0.314 e. The van der Waals surface area contributed by atoms with E-state index in [1.54, 1.807) is 4.90 Å². The highest BCUT2D eigenvalue weighted by atomic mass is 16.5. The number of aliphatic carboxylic acids is 1. The predicted molar refractivity (Wildman–Crippen MR) is 77.7 cm³/mol. The maximum Gasteiger partial charge on any atom is 0.314 e. The standard InChI is InChI=1S/C15H21N3O4/c1-8(2)12-11(9(3)16-17-12)13(19)18-4-10-5-22-7-15(10,6-18)14(20)21/h8,10H,4-7H2,1-3H3,(H,16,17)(H,20,21)/t10-,15-/m1/s1. The van der Waals surface area contributed by atoms with Gasteiger partial charge < -0.3 is 14.7 Å². The summed E-state index contributed by atoms with van der Waals surface area (Å²) in [6, 6.07) is 0. The van der Waals surface area contributed by atoms with Crippen LogP contribution in [0.25, 0.3) is 0 Å². The number of hydrogen-bond donors (Lipinski definition) is 2. The molecule has 0 unspecified atom stereocenters. The summed E-state index contributed by atoms with van der Waals surface area (Å²) in [7, 11) is 0. The normalized spacial score (nSPS) is 27.5. The van der Waals surface area contributed by atoms with E-state index in [4.69, 9.17) is 4.74 Å². The average Bonchev–Trinajstić information content (AvgIpc) is 3.08. The lowest BCUT2D eigenvalue weighted by Gasteiger charge is -2.22. The van der Waals surface area contributed by atoms with Crippen LogP contribution in [-0.2, 0) is 9.53 Å². The summed E-state index contributed by atoms with van der Waals surface area (Å²) in [5.41, 5.74) is 1.09. The number of carboxylic acids is 1. The van der Waals surface area contributed by atoms with Crippen molar-refractivity contribution in [1.29, 1.82) is 0 Å². The van der Waals surface area contributed by atoms with Crippen LogP contribution < -0.4 is 0 Å². The molecule has 0 aromatic carbocycles. The maximum absolute atomic E-state index is 12.9. The highest BCUT2D eigenvalue weighted by Crippen LogP contribution is 2.42. The monoisotopic (exact) mass is 307 g/mol. The molecule has 2 aliphatic heterocycles. The molecule has 0 aliphatic carbocycles. The molecule has 2 aliphatic rings. The Balaban J connectivity index is 1.89. The molecule has 1 amide bonds. The van der Waals surface area contributed by atoms with Crippen LogP contribution in [0.4, 0.5) is 0 Å². The third-order valence-electron chi connectivity index (χ3n) is 4.82. The quantitative estimate of drug-likeness (QED) is 0.869. The van der Waals surface area contributed by atoms with Gasteiger partial charge in [0.1, 0.15) is 5.41 Å². The molecule has 2 fully saturated rings. The fourth-order valence-corrected chi connectivity index (χ4v) is 3.49. The zero-order valence-corrected chi connectivity index (χ0v) is 13.0. The highest BCUT2D eigenvalue weighted by molar-refractivity contribution is 5.97. The number of aromatic amines is 1. The van der Waals surface area contributed by atoms with Crippen LogP contribution in [0.3, 0.4) is 0 Å². The number of ether oxygens (including phenoxy) is 1. The van der Waals surface area contributed by atoms with Gasteiger partial charge in [0.05, 0.1) is 24.5 Å². The van der Waals surface area contributed by atoms with E-state index in [2.05, 4.69) is 10.2 Å². The number of H-pyrrole nitrogens is 1. The first kappa shape index (κ1) is 15.0. The molecule has 3 heterocycles. The van der Waals surface area contributed by atoms with Crippen LogP contribution in [-0.4, -0.2) is 58.4 Å². The lowest BCUT2D eigenvalue weighted by molar-refractivity contribution is -0.149. The van der Waals surface area contributed by atoms with Crippen molar-refractivity contribution in [1.82, 2.24) is 15.1 Å². The SMILES string of the molecule is Cc1[nH]nc(C(C)C)c1C(=O)N1C[C@@H]2COC[C@]2(C(=O)O)C1. The van der Waals surface area contributed by atoms with Gasteiger partial charge >= 0.3 is 5.97 Å². The molecule has 0 bridgehead atoms. The fraction of sp³-hybridized carbons (Fsp3) is 0.667. The van der Waals surface area contributed by atoms with Crippen LogP contribution in [0.2, 0.25) is 0 Å². The van der Waals surface area contributed by atoms with Gasteiger partial charge in [-0.05, 0) is 12.8 Å². The third-order valence-corrected chi connectivity index (χ3v) is 4.82. The zero-order chi connectivity index (χ0) is 16.1. The number of fused-ring (bicyclic) bond motifs is 1. The highest BCUT2D eigenvalue weighted by Gasteiger charge is 2.57. The van der Waals surface area contributed by atoms with E-state index in [0.29, 0.717) is 18.7 Å². The topological polar surface area (TPSA) is 95.5 Å². The van der Waals surface area contributed by atoms with Crippen LogP contribution in [0.1, 0.15) is 41.5 Å². The number of hydrogen-bond acceptors (Lipinski definition) is 4. The second-order valence-corrected chi connectivity index (χ2v) is 6.62. The van der Waals surface area contributed by atoms with Crippen molar-refractivity contribution >= 4 is 11.9 Å². The second kappa shape index (κ2) is 5.08. The van der Waals surface area contributed by atoms with E-state index in [9.17, 15) is 14.7 Å². The summed E-state index contributed by atoms with van der Waals surface area (Å²) in [6.07, 6.45) is 0. The molecule has 120 valence electrons. The number of nitrogens with one attached hydrogen (secondary N) is 1. The number of carbonyl (C=O) groups is 2. The minimum Gasteiger partial charge on any atom is -0.481 e. The summed E-state index contributed by atoms with van der Waals surface area (Å²) in [4.78, 5) is 26.2. The fourth-order valence-electron chi connectivity index (χ4n) is 3.49. The molecule has 3 rings (SSSR count). The van der Waals surface area contributed by atoms with E-state index < -0.39 is 11.4 Å². The van der Waals surface area contributed by atoms with Gasteiger partial charge in [0, 0.05) is 24.7 Å². The van der Waals surface area contributed by atoms with Crippen molar-refractivity contribution in [2.75, 3.05) is 26.3 Å². The molecule has 2 saturated heterocycles. The van der Waals surface area contributed by atoms with Crippen LogP contribution in [0.15, 0.2) is 0 Å². The van der Waals surface area contributed by atoms with E-state index in [1.165, 1.54) is 0 Å². The van der Waals surface area contributed by atoms with E-state index in [1.807, 2.05) is 20.8 Å². The molecule has 0 radical (unpaired) electrons. The Morgan fingerprint density at radius 2 is 2.23 bits per heavy atom. The molecule has 0 saturated carbocycles. The van der Waals surface area contributed by atoms with Gasteiger partial charge in [-0.2, -0.15) is 5.10 Å². The molecule has 0 spiro atoms. The lowest BCUT2D eigenvalue weighted by atomic mass is 9.81. The summed E-state index contributed by atoms with van der Waals surface area (Å²) in [5.74, 6) is -1.02. The Labute approximate surface area is 128 Å². The third kappa shape index (κ3) is 2.03. The van der Waals surface area contributed by atoms with Crippen molar-refractivity contribution in [3.8, 4) is 0 Å². The van der Waals surface area contributed by atoms with Gasteiger partial charge in [-0.15, -0.1) is 0 Å². The summed E-state index contributed by atoms with van der Waals surface area (Å²) >= 11 is 0.